The van der Waals surface area contributed by atoms with Crippen molar-refractivity contribution in [3.8, 4) is 0 Å². The predicted molar refractivity (Wildman–Crippen MR) is 85.6 cm³/mol. The van der Waals surface area contributed by atoms with Crippen LogP contribution in [0.2, 0.25) is 0 Å². The molecule has 5 heteroatoms. The number of likely N-dealkylation sites (tertiary alicyclic amines) is 1. The zero-order valence-corrected chi connectivity index (χ0v) is 13.5. The van der Waals surface area contributed by atoms with Gasteiger partial charge in [0.05, 0.1) is 6.10 Å². The van der Waals surface area contributed by atoms with Crippen molar-refractivity contribution in [2.75, 3.05) is 6.54 Å². The van der Waals surface area contributed by atoms with Crippen molar-refractivity contribution in [1.29, 1.82) is 0 Å². The summed E-state index contributed by atoms with van der Waals surface area (Å²) in [4.78, 5) is 23.7. The van der Waals surface area contributed by atoms with Gasteiger partial charge in [-0.15, -0.1) is 0 Å². The molecule has 2 aliphatic carbocycles. The third-order valence-electron chi connectivity index (χ3n) is 6.05. The molecule has 1 aliphatic heterocycles. The molecule has 1 saturated carbocycles. The fraction of sp³-hybridized carbons (Fsp3) is 0.722. The van der Waals surface area contributed by atoms with Crippen LogP contribution >= 0.6 is 0 Å². The van der Waals surface area contributed by atoms with Gasteiger partial charge in [-0.2, -0.15) is 0 Å². The van der Waals surface area contributed by atoms with E-state index < -0.39 is 0 Å². The second-order valence-corrected chi connectivity index (χ2v) is 7.34. The zero-order chi connectivity index (χ0) is 15.8. The number of aliphatic hydroxyl groups excluding tert-OH is 1. The van der Waals surface area contributed by atoms with E-state index in [1.807, 2.05) is 6.20 Å². The molecule has 4 atom stereocenters. The molecule has 4 rings (SSSR count). The monoisotopic (exact) mass is 315 g/mol. The first-order chi connectivity index (χ1) is 11.2. The lowest BCUT2D eigenvalue weighted by molar-refractivity contribution is -0.146. The number of carbonyl (C=O) groups is 1. The van der Waals surface area contributed by atoms with Crippen LogP contribution in [-0.4, -0.2) is 44.6 Å². The lowest BCUT2D eigenvalue weighted by atomic mass is 9.75. The number of hydrogen-bond donors (Lipinski definition) is 1. The third kappa shape index (κ3) is 2.75. The van der Waals surface area contributed by atoms with Gasteiger partial charge in [0.25, 0.3) is 0 Å². The van der Waals surface area contributed by atoms with Gasteiger partial charge in [0.1, 0.15) is 6.33 Å². The Bertz CT molecular complexity index is 591. The molecule has 1 amide bonds. The summed E-state index contributed by atoms with van der Waals surface area (Å²) in [7, 11) is 0. The van der Waals surface area contributed by atoms with E-state index in [2.05, 4.69) is 14.9 Å². The van der Waals surface area contributed by atoms with Gasteiger partial charge in [-0.3, -0.25) is 4.79 Å². The first kappa shape index (κ1) is 15.1. The minimum absolute atomic E-state index is 0.0614. The summed E-state index contributed by atoms with van der Waals surface area (Å²) in [6.07, 6.45) is 11.0. The van der Waals surface area contributed by atoms with Crippen LogP contribution in [0.1, 0.15) is 49.8 Å². The number of aryl methyl sites for hydroxylation is 1. The van der Waals surface area contributed by atoms with Crippen molar-refractivity contribution < 1.29 is 9.90 Å². The topological polar surface area (TPSA) is 66.3 Å². The number of carbonyl (C=O) groups excluding carboxylic acids is 1. The molecule has 1 saturated heterocycles. The Hall–Kier alpha value is -1.49. The average Bonchev–Trinajstić information content (AvgIpc) is 2.61. The SMILES string of the molecule is O=C(C1CCc2ncncc2C1)N1CCC(O)C2CCCCC21. The summed E-state index contributed by atoms with van der Waals surface area (Å²) in [5.41, 5.74) is 2.24. The number of nitrogens with zero attached hydrogens (tertiary/aromatic N) is 3. The average molecular weight is 315 g/mol. The summed E-state index contributed by atoms with van der Waals surface area (Å²) in [5.74, 6) is 0.648. The molecular weight excluding hydrogens is 290 g/mol. The second kappa shape index (κ2) is 6.19. The highest BCUT2D eigenvalue weighted by Gasteiger charge is 2.42. The molecule has 1 aromatic heterocycles. The molecule has 3 aliphatic rings. The van der Waals surface area contributed by atoms with Crippen LogP contribution in [0, 0.1) is 11.8 Å². The summed E-state index contributed by atoms with van der Waals surface area (Å²) < 4.78 is 0. The predicted octanol–water partition coefficient (Wildman–Crippen LogP) is 1.73. The van der Waals surface area contributed by atoms with E-state index in [4.69, 9.17) is 0 Å². The first-order valence-electron chi connectivity index (χ1n) is 9.00. The molecule has 0 radical (unpaired) electrons. The van der Waals surface area contributed by atoms with Gasteiger partial charge in [-0.25, -0.2) is 9.97 Å². The minimum Gasteiger partial charge on any atom is -0.393 e. The van der Waals surface area contributed by atoms with E-state index in [0.717, 1.165) is 56.3 Å². The highest BCUT2D eigenvalue weighted by molar-refractivity contribution is 5.80. The van der Waals surface area contributed by atoms with Crippen molar-refractivity contribution in [2.24, 2.45) is 11.8 Å². The van der Waals surface area contributed by atoms with Crippen molar-refractivity contribution in [2.45, 2.75) is 63.5 Å². The Balaban J connectivity index is 1.50. The summed E-state index contributed by atoms with van der Waals surface area (Å²) >= 11 is 0. The Morgan fingerprint density at radius 3 is 3.00 bits per heavy atom. The Labute approximate surface area is 137 Å². The number of hydrogen-bond acceptors (Lipinski definition) is 4. The highest BCUT2D eigenvalue weighted by atomic mass is 16.3. The molecule has 5 nitrogen and oxygen atoms in total. The Kier molecular flexibility index (Phi) is 4.05. The zero-order valence-electron chi connectivity index (χ0n) is 13.5. The summed E-state index contributed by atoms with van der Waals surface area (Å²) in [6.45, 7) is 0.718. The van der Waals surface area contributed by atoms with Crippen LogP contribution in [0.3, 0.4) is 0 Å². The first-order valence-corrected chi connectivity index (χ1v) is 9.00. The van der Waals surface area contributed by atoms with Gasteiger partial charge in [0.2, 0.25) is 5.91 Å². The Morgan fingerprint density at radius 2 is 2.09 bits per heavy atom. The largest absolute Gasteiger partial charge is 0.393 e. The fourth-order valence-electron chi connectivity index (χ4n) is 4.80. The van der Waals surface area contributed by atoms with Crippen LogP contribution in [0.25, 0.3) is 0 Å². The number of aliphatic hydroxyl groups is 1. The minimum atomic E-state index is -0.218. The normalized spacial score (nSPS) is 33.7. The molecule has 4 unspecified atom stereocenters. The van der Waals surface area contributed by atoms with E-state index in [1.165, 1.54) is 12.8 Å². The van der Waals surface area contributed by atoms with E-state index >= 15 is 0 Å². The molecule has 0 bridgehead atoms. The molecule has 23 heavy (non-hydrogen) atoms. The quantitative estimate of drug-likeness (QED) is 0.857. The van der Waals surface area contributed by atoms with Crippen LogP contribution in [0.4, 0.5) is 0 Å². The van der Waals surface area contributed by atoms with Gasteiger partial charge in [0, 0.05) is 36.3 Å². The number of piperidine rings is 1. The third-order valence-corrected chi connectivity index (χ3v) is 6.05. The van der Waals surface area contributed by atoms with E-state index in [1.54, 1.807) is 6.33 Å². The maximum Gasteiger partial charge on any atom is 0.226 e. The molecule has 124 valence electrons. The number of rotatable bonds is 1. The number of amides is 1. The van der Waals surface area contributed by atoms with Crippen LogP contribution in [0.5, 0.6) is 0 Å². The lowest BCUT2D eigenvalue weighted by Crippen LogP contribution is -2.56. The van der Waals surface area contributed by atoms with Gasteiger partial charge in [0.15, 0.2) is 0 Å². The number of aromatic nitrogens is 2. The lowest BCUT2D eigenvalue weighted by Gasteiger charge is -2.47. The fourth-order valence-corrected chi connectivity index (χ4v) is 4.80. The Morgan fingerprint density at radius 1 is 1.22 bits per heavy atom. The summed E-state index contributed by atoms with van der Waals surface area (Å²) in [6, 6.07) is 0.258. The highest BCUT2D eigenvalue weighted by Crippen LogP contribution is 2.37. The molecule has 2 heterocycles. The molecule has 1 aromatic rings. The van der Waals surface area contributed by atoms with Gasteiger partial charge in [-0.1, -0.05) is 12.8 Å². The molecule has 0 spiro atoms. The van der Waals surface area contributed by atoms with Gasteiger partial charge < -0.3 is 10.0 Å². The van der Waals surface area contributed by atoms with Crippen LogP contribution in [-0.2, 0) is 17.6 Å². The van der Waals surface area contributed by atoms with Gasteiger partial charge >= 0.3 is 0 Å². The van der Waals surface area contributed by atoms with Crippen molar-refractivity contribution in [1.82, 2.24) is 14.9 Å². The maximum atomic E-state index is 13.1. The van der Waals surface area contributed by atoms with Crippen LogP contribution < -0.4 is 0 Å². The van der Waals surface area contributed by atoms with Crippen molar-refractivity contribution in [3.63, 3.8) is 0 Å². The van der Waals surface area contributed by atoms with E-state index in [0.29, 0.717) is 11.8 Å². The van der Waals surface area contributed by atoms with E-state index in [9.17, 15) is 9.90 Å². The molecule has 1 N–H and O–H groups in total. The standard InChI is InChI=1S/C18H25N3O2/c22-17-7-8-21(16-4-2-1-3-14(16)17)18(23)12-5-6-15-13(9-12)10-19-11-20-15/h10-12,14,16-17,22H,1-9H2. The van der Waals surface area contributed by atoms with E-state index in [-0.39, 0.29) is 18.1 Å². The van der Waals surface area contributed by atoms with Crippen LogP contribution in [0.15, 0.2) is 12.5 Å². The molecular formula is C18H25N3O2. The van der Waals surface area contributed by atoms with Gasteiger partial charge in [-0.05, 0) is 44.1 Å². The maximum absolute atomic E-state index is 13.1. The summed E-state index contributed by atoms with van der Waals surface area (Å²) in [5, 5.41) is 10.3. The smallest absolute Gasteiger partial charge is 0.226 e. The molecule has 0 aromatic carbocycles. The van der Waals surface area contributed by atoms with Crippen molar-refractivity contribution >= 4 is 5.91 Å². The number of fused-ring (bicyclic) bond motifs is 2. The van der Waals surface area contributed by atoms with Crippen molar-refractivity contribution in [3.05, 3.63) is 23.8 Å². The second-order valence-electron chi connectivity index (χ2n) is 7.34. The molecule has 2 fully saturated rings.